The monoisotopic (exact) mass is 455 g/mol. The van der Waals surface area contributed by atoms with Crippen LogP contribution < -0.4 is 0 Å². The predicted octanol–water partition coefficient (Wildman–Crippen LogP) is 3.47. The molecule has 0 fully saturated rings. The van der Waals surface area contributed by atoms with Crippen molar-refractivity contribution < 1.29 is 14.3 Å². The van der Waals surface area contributed by atoms with E-state index in [1.807, 2.05) is 22.6 Å². The molecule has 122 valence electrons. The highest BCUT2D eigenvalue weighted by Crippen LogP contribution is 2.25. The second-order valence-corrected chi connectivity index (χ2v) is 6.45. The van der Waals surface area contributed by atoms with Crippen LogP contribution in [0.2, 0.25) is 5.02 Å². The quantitative estimate of drug-likeness (QED) is 0.437. The van der Waals surface area contributed by atoms with E-state index < -0.39 is 5.97 Å². The van der Waals surface area contributed by atoms with Gasteiger partial charge in [0.1, 0.15) is 9.22 Å². The van der Waals surface area contributed by atoms with Gasteiger partial charge in [0.25, 0.3) is 5.91 Å². The average Bonchev–Trinajstić information content (AvgIpc) is 2.90. The Hall–Kier alpha value is -2.00. The molecule has 0 amide bonds. The van der Waals surface area contributed by atoms with Gasteiger partial charge in [-0.05, 0) is 47.2 Å². The Morgan fingerprint density at radius 2 is 2.08 bits per heavy atom. The van der Waals surface area contributed by atoms with Crippen LogP contribution in [-0.4, -0.2) is 33.8 Å². The van der Waals surface area contributed by atoms with Gasteiger partial charge in [0.2, 0.25) is 0 Å². The van der Waals surface area contributed by atoms with Crippen molar-refractivity contribution in [3.05, 3.63) is 55.9 Å². The molecule has 0 aliphatic rings. The number of methoxy groups -OCH3 is 1. The van der Waals surface area contributed by atoms with Crippen molar-refractivity contribution in [1.82, 2.24) is 14.8 Å². The summed E-state index contributed by atoms with van der Waals surface area (Å²) in [4.78, 5) is 28.9. The third kappa shape index (κ3) is 2.78. The Morgan fingerprint density at radius 3 is 2.75 bits per heavy atom. The molecule has 1 aromatic carbocycles. The molecule has 0 atom stereocenters. The first kappa shape index (κ1) is 16.8. The molecule has 0 N–H and O–H groups in total. The summed E-state index contributed by atoms with van der Waals surface area (Å²) in [7, 11) is 1.28. The summed E-state index contributed by atoms with van der Waals surface area (Å²) in [6.07, 6.45) is 1.40. The molecule has 0 saturated heterocycles. The van der Waals surface area contributed by atoms with Crippen LogP contribution in [0.3, 0.4) is 0 Å². The van der Waals surface area contributed by atoms with Crippen LogP contribution in [0.1, 0.15) is 26.3 Å². The van der Waals surface area contributed by atoms with E-state index in [1.54, 1.807) is 25.1 Å². The van der Waals surface area contributed by atoms with E-state index in [0.29, 0.717) is 25.3 Å². The number of benzene rings is 1. The first-order chi connectivity index (χ1) is 11.4. The standard InChI is InChI=1S/C16H11ClIN3O3/c1-8-4-3-5-10(17)12(8)15(22)21-11-6-9(16(23)24-2)7-19-13(11)14(18)20-21/h3-7H,1-2H3. The smallest absolute Gasteiger partial charge is 0.339 e. The van der Waals surface area contributed by atoms with E-state index in [9.17, 15) is 9.59 Å². The van der Waals surface area contributed by atoms with E-state index in [1.165, 1.54) is 24.1 Å². The van der Waals surface area contributed by atoms with E-state index in [-0.39, 0.29) is 11.5 Å². The van der Waals surface area contributed by atoms with Crippen LogP contribution in [0.4, 0.5) is 0 Å². The van der Waals surface area contributed by atoms with Crippen molar-refractivity contribution in [3.8, 4) is 0 Å². The Balaban J connectivity index is 2.22. The van der Waals surface area contributed by atoms with Gasteiger partial charge in [-0.1, -0.05) is 23.7 Å². The Bertz CT molecular complexity index is 964. The molecule has 0 bridgehead atoms. The molecule has 0 radical (unpaired) electrons. The zero-order chi connectivity index (χ0) is 17.4. The lowest BCUT2D eigenvalue weighted by Crippen LogP contribution is -2.16. The molecule has 2 aromatic heterocycles. The highest BCUT2D eigenvalue weighted by atomic mass is 127. The van der Waals surface area contributed by atoms with Gasteiger partial charge in [-0.3, -0.25) is 9.78 Å². The van der Waals surface area contributed by atoms with Gasteiger partial charge < -0.3 is 4.74 Å². The fourth-order valence-corrected chi connectivity index (χ4v) is 3.29. The van der Waals surface area contributed by atoms with Crippen molar-refractivity contribution in [2.24, 2.45) is 0 Å². The van der Waals surface area contributed by atoms with E-state index in [2.05, 4.69) is 10.1 Å². The van der Waals surface area contributed by atoms with Gasteiger partial charge in [-0.15, -0.1) is 0 Å². The lowest BCUT2D eigenvalue weighted by molar-refractivity contribution is 0.0600. The van der Waals surface area contributed by atoms with Crippen molar-refractivity contribution >= 4 is 57.1 Å². The maximum atomic E-state index is 12.9. The summed E-state index contributed by atoms with van der Waals surface area (Å²) in [5, 5.41) is 4.60. The number of aromatic nitrogens is 3. The number of carbonyl (C=O) groups excluding carboxylic acids is 2. The predicted molar refractivity (Wildman–Crippen MR) is 97.5 cm³/mol. The van der Waals surface area contributed by atoms with Gasteiger partial charge in [0.15, 0.2) is 0 Å². The number of aryl methyl sites for hydroxylation is 1. The van der Waals surface area contributed by atoms with E-state index in [0.717, 1.165) is 5.56 Å². The molecule has 0 spiro atoms. The van der Waals surface area contributed by atoms with E-state index in [4.69, 9.17) is 16.3 Å². The van der Waals surface area contributed by atoms with Crippen LogP contribution >= 0.6 is 34.2 Å². The lowest BCUT2D eigenvalue weighted by atomic mass is 10.1. The molecule has 2 heterocycles. The number of hydrogen-bond donors (Lipinski definition) is 0. The van der Waals surface area contributed by atoms with Crippen LogP contribution in [-0.2, 0) is 4.74 Å². The minimum absolute atomic E-state index is 0.242. The van der Waals surface area contributed by atoms with Crippen LogP contribution in [0.15, 0.2) is 30.5 Å². The van der Waals surface area contributed by atoms with Gasteiger partial charge >= 0.3 is 5.97 Å². The number of nitrogens with zero attached hydrogens (tertiary/aromatic N) is 3. The topological polar surface area (TPSA) is 74.1 Å². The molecular formula is C16H11ClIN3O3. The average molecular weight is 456 g/mol. The summed E-state index contributed by atoms with van der Waals surface area (Å²) in [6, 6.07) is 6.76. The number of hydrogen-bond acceptors (Lipinski definition) is 5. The van der Waals surface area contributed by atoms with E-state index >= 15 is 0 Å². The third-order valence-corrected chi connectivity index (χ3v) is 4.57. The maximum Gasteiger partial charge on any atom is 0.339 e. The van der Waals surface area contributed by atoms with Gasteiger partial charge in [-0.2, -0.15) is 9.78 Å². The van der Waals surface area contributed by atoms with Crippen molar-refractivity contribution in [1.29, 1.82) is 0 Å². The zero-order valence-corrected chi connectivity index (χ0v) is 15.6. The largest absolute Gasteiger partial charge is 0.465 e. The van der Waals surface area contributed by atoms with Crippen LogP contribution in [0, 0.1) is 10.6 Å². The number of fused-ring (bicyclic) bond motifs is 1. The lowest BCUT2D eigenvalue weighted by Gasteiger charge is -2.08. The van der Waals surface area contributed by atoms with Crippen molar-refractivity contribution in [3.63, 3.8) is 0 Å². The number of esters is 1. The molecule has 3 rings (SSSR count). The molecule has 0 aliphatic heterocycles. The molecule has 0 aliphatic carbocycles. The molecule has 6 nitrogen and oxygen atoms in total. The molecule has 3 aromatic rings. The second-order valence-electron chi connectivity index (χ2n) is 5.02. The molecule has 0 unspecified atom stereocenters. The van der Waals surface area contributed by atoms with Crippen LogP contribution in [0.5, 0.6) is 0 Å². The maximum absolute atomic E-state index is 12.9. The Morgan fingerprint density at radius 1 is 1.33 bits per heavy atom. The summed E-state index contributed by atoms with van der Waals surface area (Å²) in [6.45, 7) is 1.80. The summed E-state index contributed by atoms with van der Waals surface area (Å²) >= 11 is 8.17. The highest BCUT2D eigenvalue weighted by Gasteiger charge is 2.22. The summed E-state index contributed by atoms with van der Waals surface area (Å²) in [5.74, 6) is -0.914. The normalized spacial score (nSPS) is 10.8. The third-order valence-electron chi connectivity index (χ3n) is 3.53. The minimum Gasteiger partial charge on any atom is -0.465 e. The summed E-state index contributed by atoms with van der Waals surface area (Å²) < 4.78 is 6.46. The number of rotatable bonds is 2. The number of pyridine rings is 1. The molecule has 24 heavy (non-hydrogen) atoms. The number of halogens is 2. The molecular weight excluding hydrogens is 445 g/mol. The SMILES string of the molecule is COC(=O)c1cnc2c(I)nn(C(=O)c3c(C)cccc3Cl)c2c1. The second kappa shape index (κ2) is 6.48. The van der Waals surface area contributed by atoms with Gasteiger partial charge in [0.05, 0.1) is 28.8 Å². The van der Waals surface area contributed by atoms with Gasteiger partial charge in [0, 0.05) is 6.20 Å². The molecule has 8 heteroatoms. The van der Waals surface area contributed by atoms with Crippen molar-refractivity contribution in [2.45, 2.75) is 6.92 Å². The summed E-state index contributed by atoms with van der Waals surface area (Å²) in [5.41, 5.74) is 2.30. The first-order valence-corrected chi connectivity index (χ1v) is 8.32. The highest BCUT2D eigenvalue weighted by molar-refractivity contribution is 14.1. The fraction of sp³-hybridized carbons (Fsp3) is 0.125. The zero-order valence-electron chi connectivity index (χ0n) is 12.7. The number of ether oxygens (including phenoxy) is 1. The minimum atomic E-state index is -0.534. The van der Waals surface area contributed by atoms with Gasteiger partial charge in [-0.25, -0.2) is 4.79 Å². The Kier molecular flexibility index (Phi) is 4.55. The number of carbonyl (C=O) groups is 2. The van der Waals surface area contributed by atoms with Crippen LogP contribution in [0.25, 0.3) is 11.0 Å². The molecule has 0 saturated carbocycles. The van der Waals surface area contributed by atoms with Crippen molar-refractivity contribution in [2.75, 3.05) is 7.11 Å². The Labute approximate surface area is 155 Å². The fourth-order valence-electron chi connectivity index (χ4n) is 2.36. The first-order valence-electron chi connectivity index (χ1n) is 6.86.